The van der Waals surface area contributed by atoms with Crippen LogP contribution in [-0.4, -0.2) is 42.3 Å². The van der Waals surface area contributed by atoms with Crippen molar-refractivity contribution in [2.45, 2.75) is 19.6 Å². The van der Waals surface area contributed by atoms with Crippen LogP contribution in [0.3, 0.4) is 0 Å². The molecule has 1 heterocycles. The number of rotatable bonds is 7. The number of hydrogen-bond donors (Lipinski definition) is 0. The van der Waals surface area contributed by atoms with E-state index in [-0.39, 0.29) is 11.5 Å². The molecule has 1 saturated heterocycles. The summed E-state index contributed by atoms with van der Waals surface area (Å²) in [7, 11) is 2.70. The summed E-state index contributed by atoms with van der Waals surface area (Å²) in [6, 6.07) is 9.76. The second-order valence-corrected chi connectivity index (χ2v) is 8.92. The van der Waals surface area contributed by atoms with Crippen LogP contribution >= 0.6 is 39.3 Å². The number of ether oxygens (including phenoxy) is 3. The van der Waals surface area contributed by atoms with E-state index in [1.54, 1.807) is 24.3 Å². The summed E-state index contributed by atoms with van der Waals surface area (Å²) >= 11 is 10.4. The average Bonchev–Trinajstić information content (AvgIpc) is 3.05. The number of carbonyl (C=O) groups excluding carboxylic acids is 3. The maximum Gasteiger partial charge on any atom is 0.328 e. The summed E-state index contributed by atoms with van der Waals surface area (Å²) in [6.07, 6.45) is 1.56. The van der Waals surface area contributed by atoms with E-state index in [4.69, 9.17) is 21.1 Å². The van der Waals surface area contributed by atoms with E-state index in [0.29, 0.717) is 26.6 Å². The van der Waals surface area contributed by atoms with Crippen molar-refractivity contribution in [3.8, 4) is 11.5 Å². The molecule has 168 valence electrons. The number of methoxy groups -OCH3 is 2. The Hall–Kier alpha value is -2.49. The zero-order valence-electron chi connectivity index (χ0n) is 17.4. The van der Waals surface area contributed by atoms with Gasteiger partial charge in [0.15, 0.2) is 11.5 Å². The van der Waals surface area contributed by atoms with Gasteiger partial charge in [-0.05, 0) is 64.5 Å². The van der Waals surface area contributed by atoms with Gasteiger partial charge in [0.2, 0.25) is 0 Å². The van der Waals surface area contributed by atoms with Crippen LogP contribution in [-0.2, 0) is 20.9 Å². The Morgan fingerprint density at radius 1 is 1.25 bits per heavy atom. The number of hydrogen-bond acceptors (Lipinski definition) is 7. The third kappa shape index (κ3) is 5.11. The first-order chi connectivity index (χ1) is 15.3. The van der Waals surface area contributed by atoms with Gasteiger partial charge in [0.1, 0.15) is 12.6 Å². The second kappa shape index (κ2) is 10.4. The number of halogens is 2. The van der Waals surface area contributed by atoms with E-state index in [0.717, 1.165) is 22.2 Å². The van der Waals surface area contributed by atoms with Gasteiger partial charge in [0, 0.05) is 10.6 Å². The Bertz CT molecular complexity index is 1110. The van der Waals surface area contributed by atoms with Crippen LogP contribution in [0.2, 0.25) is 5.02 Å². The van der Waals surface area contributed by atoms with E-state index >= 15 is 0 Å². The van der Waals surface area contributed by atoms with Gasteiger partial charge in [-0.3, -0.25) is 14.5 Å². The zero-order chi connectivity index (χ0) is 23.4. The standard InChI is InChI=1S/C22H19BrClNO6S/c1-12(21(27)30-3)25-20(26)18(32-22(25)28)10-13-8-15(23)19(17(9-13)29-2)31-11-14-6-4-5-7-16(14)24/h4-10,12H,11H2,1-3H3/b18-10-/t12-/m0/s1. The Morgan fingerprint density at radius 3 is 2.62 bits per heavy atom. The minimum Gasteiger partial charge on any atom is -0.493 e. The number of benzene rings is 2. The highest BCUT2D eigenvalue weighted by Crippen LogP contribution is 2.40. The lowest BCUT2D eigenvalue weighted by molar-refractivity contribution is -0.148. The van der Waals surface area contributed by atoms with Crippen molar-refractivity contribution in [2.75, 3.05) is 14.2 Å². The predicted octanol–water partition coefficient (Wildman–Crippen LogP) is 5.29. The molecule has 10 heteroatoms. The summed E-state index contributed by atoms with van der Waals surface area (Å²) in [4.78, 5) is 37.8. The summed E-state index contributed by atoms with van der Waals surface area (Å²) in [5.41, 5.74) is 1.43. The van der Waals surface area contributed by atoms with Gasteiger partial charge in [0.25, 0.3) is 11.1 Å². The van der Waals surface area contributed by atoms with Crippen LogP contribution in [0.1, 0.15) is 18.1 Å². The third-order valence-corrected chi connectivity index (χ3v) is 6.47. The third-order valence-electron chi connectivity index (χ3n) is 4.63. The summed E-state index contributed by atoms with van der Waals surface area (Å²) in [5, 5.41) is 0.0565. The Morgan fingerprint density at radius 2 is 1.97 bits per heavy atom. The quantitative estimate of drug-likeness (QED) is 0.349. The van der Waals surface area contributed by atoms with Crippen molar-refractivity contribution in [3.05, 3.63) is 61.9 Å². The van der Waals surface area contributed by atoms with Crippen molar-refractivity contribution >= 4 is 62.5 Å². The first kappa shape index (κ1) is 24.2. The maximum atomic E-state index is 12.7. The molecule has 0 bridgehead atoms. The summed E-state index contributed by atoms with van der Waals surface area (Å²) in [6.45, 7) is 1.67. The SMILES string of the molecule is COC(=O)[C@H](C)N1C(=O)S/C(=C\c2cc(Br)c(OCc3ccccc3Cl)c(OC)c2)C1=O. The monoisotopic (exact) mass is 539 g/mol. The molecule has 0 unspecified atom stereocenters. The molecule has 0 spiro atoms. The number of esters is 1. The lowest BCUT2D eigenvalue weighted by Gasteiger charge is -2.18. The molecule has 0 saturated carbocycles. The molecule has 2 aromatic carbocycles. The van der Waals surface area contributed by atoms with Gasteiger partial charge in [-0.15, -0.1) is 0 Å². The van der Waals surface area contributed by atoms with E-state index in [9.17, 15) is 14.4 Å². The largest absolute Gasteiger partial charge is 0.493 e. The van der Waals surface area contributed by atoms with Crippen molar-refractivity contribution in [2.24, 2.45) is 0 Å². The molecule has 32 heavy (non-hydrogen) atoms. The molecule has 0 N–H and O–H groups in total. The fraction of sp³-hybridized carbons (Fsp3) is 0.227. The molecule has 7 nitrogen and oxygen atoms in total. The second-order valence-electron chi connectivity index (χ2n) is 6.67. The number of imide groups is 1. The number of amides is 2. The van der Waals surface area contributed by atoms with Gasteiger partial charge in [0.05, 0.1) is 23.6 Å². The topological polar surface area (TPSA) is 82.1 Å². The molecule has 0 aromatic heterocycles. The van der Waals surface area contributed by atoms with Crippen molar-refractivity contribution in [1.82, 2.24) is 4.90 Å². The number of carbonyl (C=O) groups is 3. The molecule has 1 aliphatic rings. The van der Waals surface area contributed by atoms with Gasteiger partial charge in [-0.2, -0.15) is 0 Å². The Kier molecular flexibility index (Phi) is 7.86. The van der Waals surface area contributed by atoms with Crippen molar-refractivity contribution in [3.63, 3.8) is 0 Å². The highest BCUT2D eigenvalue weighted by molar-refractivity contribution is 9.10. The zero-order valence-corrected chi connectivity index (χ0v) is 20.5. The fourth-order valence-corrected chi connectivity index (χ4v) is 4.64. The molecule has 1 atom stereocenters. The summed E-state index contributed by atoms with van der Waals surface area (Å²) in [5.74, 6) is -0.332. The van der Waals surface area contributed by atoms with E-state index in [1.807, 2.05) is 18.2 Å². The van der Waals surface area contributed by atoms with Crippen molar-refractivity contribution < 1.29 is 28.6 Å². The Balaban J connectivity index is 1.85. The van der Waals surface area contributed by atoms with Crippen LogP contribution in [0.4, 0.5) is 4.79 Å². The predicted molar refractivity (Wildman–Crippen MR) is 126 cm³/mol. The Labute approximate surface area is 202 Å². The molecule has 1 fully saturated rings. The van der Waals surface area contributed by atoms with E-state index in [1.165, 1.54) is 21.1 Å². The van der Waals surface area contributed by atoms with E-state index in [2.05, 4.69) is 20.7 Å². The lowest BCUT2D eigenvalue weighted by Crippen LogP contribution is -2.42. The molecule has 0 radical (unpaired) electrons. The molecule has 2 amide bonds. The van der Waals surface area contributed by atoms with Gasteiger partial charge in [-0.1, -0.05) is 29.8 Å². The smallest absolute Gasteiger partial charge is 0.328 e. The van der Waals surface area contributed by atoms with Crippen LogP contribution in [0.25, 0.3) is 6.08 Å². The maximum absolute atomic E-state index is 12.7. The molecule has 1 aliphatic heterocycles. The highest BCUT2D eigenvalue weighted by atomic mass is 79.9. The normalized spacial score (nSPS) is 15.8. The highest BCUT2D eigenvalue weighted by Gasteiger charge is 2.41. The van der Waals surface area contributed by atoms with Crippen molar-refractivity contribution in [1.29, 1.82) is 0 Å². The molecular weight excluding hydrogens is 522 g/mol. The number of thioether (sulfide) groups is 1. The van der Waals surface area contributed by atoms with Gasteiger partial charge in [-0.25, -0.2) is 4.79 Å². The van der Waals surface area contributed by atoms with Gasteiger partial charge >= 0.3 is 5.97 Å². The first-order valence-corrected chi connectivity index (χ1v) is 11.3. The van der Waals surface area contributed by atoms with Crippen LogP contribution < -0.4 is 9.47 Å². The fourth-order valence-electron chi connectivity index (χ4n) is 2.97. The summed E-state index contributed by atoms with van der Waals surface area (Å²) < 4.78 is 16.6. The van der Waals surface area contributed by atoms with Crippen LogP contribution in [0.15, 0.2) is 45.8 Å². The molecular formula is C22H19BrClNO6S. The average molecular weight is 541 g/mol. The van der Waals surface area contributed by atoms with E-state index < -0.39 is 23.2 Å². The molecule has 3 rings (SSSR count). The van der Waals surface area contributed by atoms with Crippen LogP contribution in [0.5, 0.6) is 11.5 Å². The minimum atomic E-state index is -1.01. The number of nitrogens with zero attached hydrogens (tertiary/aromatic N) is 1. The molecule has 2 aromatic rings. The lowest BCUT2D eigenvalue weighted by atomic mass is 10.1. The van der Waals surface area contributed by atoms with Crippen LogP contribution in [0, 0.1) is 0 Å². The van der Waals surface area contributed by atoms with Gasteiger partial charge < -0.3 is 14.2 Å². The molecule has 0 aliphatic carbocycles. The first-order valence-electron chi connectivity index (χ1n) is 9.35. The minimum absolute atomic E-state index is 0.185.